The van der Waals surface area contributed by atoms with Gasteiger partial charge in [-0.05, 0) is 136 Å². The van der Waals surface area contributed by atoms with Crippen LogP contribution in [0.1, 0.15) is 172 Å². The summed E-state index contributed by atoms with van der Waals surface area (Å²) in [5.41, 5.74) is 10.1. The number of hydrogen-bond acceptors (Lipinski definition) is 0. The first-order chi connectivity index (χ1) is 27.6. The Balaban J connectivity index is 0.000000259. The van der Waals surface area contributed by atoms with Gasteiger partial charge >= 0.3 is 0 Å². The lowest BCUT2D eigenvalue weighted by atomic mass is 9.56. The van der Waals surface area contributed by atoms with Gasteiger partial charge in [0.2, 0.25) is 0 Å². The van der Waals surface area contributed by atoms with Crippen LogP contribution in [0.5, 0.6) is 0 Å². The van der Waals surface area contributed by atoms with E-state index < -0.39 is 0 Å². The molecule has 0 spiro atoms. The number of benzene rings is 4. The van der Waals surface area contributed by atoms with E-state index in [0.29, 0.717) is 0 Å². The second-order valence-electron chi connectivity index (χ2n) is 21.7. The van der Waals surface area contributed by atoms with Gasteiger partial charge in [-0.15, -0.1) is 0 Å². The first kappa shape index (κ1) is 52.0. The predicted molar refractivity (Wildman–Crippen MR) is 266 cm³/mol. The van der Waals surface area contributed by atoms with Crippen LogP contribution in [0.4, 0.5) is 0 Å². The van der Waals surface area contributed by atoms with Crippen LogP contribution in [-0.2, 0) is 24.7 Å². The second-order valence-corrected chi connectivity index (χ2v) is 21.7. The molecule has 0 N–H and O–H groups in total. The van der Waals surface area contributed by atoms with Gasteiger partial charge in [-0.2, -0.15) is 0 Å². The monoisotopic (exact) mass is 801 g/mol. The van der Waals surface area contributed by atoms with E-state index in [2.05, 4.69) is 227 Å². The Morgan fingerprint density at radius 1 is 0.373 bits per heavy atom. The van der Waals surface area contributed by atoms with Crippen LogP contribution >= 0.6 is 0 Å². The van der Waals surface area contributed by atoms with Gasteiger partial charge in [0.15, 0.2) is 0 Å². The normalized spacial score (nSPS) is 15.1. The van der Waals surface area contributed by atoms with Crippen molar-refractivity contribution in [3.05, 3.63) is 131 Å². The summed E-state index contributed by atoms with van der Waals surface area (Å²) in [4.78, 5) is 0. The van der Waals surface area contributed by atoms with Crippen molar-refractivity contribution in [1.82, 2.24) is 0 Å². The fourth-order valence-electron chi connectivity index (χ4n) is 9.01. The third-order valence-electron chi connectivity index (χ3n) is 13.4. The van der Waals surface area contributed by atoms with Crippen LogP contribution in [-0.4, -0.2) is 0 Å². The van der Waals surface area contributed by atoms with Gasteiger partial charge in [-0.3, -0.25) is 0 Å². The molecule has 0 atom stereocenters. The quantitative estimate of drug-likeness (QED) is 0.142. The van der Waals surface area contributed by atoms with Crippen molar-refractivity contribution in [1.29, 1.82) is 0 Å². The second kappa shape index (κ2) is 25.0. The highest BCUT2D eigenvalue weighted by Crippen LogP contribution is 2.57. The molecule has 0 amide bonds. The lowest BCUT2D eigenvalue weighted by molar-refractivity contribution is 0.0135. The third kappa shape index (κ3) is 18.2. The first-order valence-corrected chi connectivity index (χ1v) is 23.9. The maximum atomic E-state index is 2.37. The SMILES string of the molecule is CC(C)C1(C(C)C)CC1.CC(C)C1(C(C)C)CCC1.CC(C)Cc1ccc(-c2ccccc2)cc1.CC(C)Cc1ccc(C(C)(C)C)cc1.CC(C)Cc1ccccc1. The summed E-state index contributed by atoms with van der Waals surface area (Å²) in [5.74, 6) is 5.82. The highest BCUT2D eigenvalue weighted by atomic mass is 14.5. The molecule has 0 heterocycles. The molecule has 2 fully saturated rings. The Hall–Kier alpha value is -3.12. The van der Waals surface area contributed by atoms with Crippen LogP contribution in [0.3, 0.4) is 0 Å². The molecule has 2 saturated carbocycles. The lowest BCUT2D eigenvalue weighted by Crippen LogP contribution is -2.39. The predicted octanol–water partition coefficient (Wildman–Crippen LogP) is 18.2. The molecule has 0 aliphatic heterocycles. The minimum atomic E-state index is 0.274. The zero-order valence-corrected chi connectivity index (χ0v) is 41.6. The Morgan fingerprint density at radius 3 is 0.932 bits per heavy atom. The first-order valence-electron chi connectivity index (χ1n) is 23.9. The van der Waals surface area contributed by atoms with Crippen molar-refractivity contribution >= 4 is 0 Å². The van der Waals surface area contributed by atoms with Gasteiger partial charge in [0.25, 0.3) is 0 Å². The van der Waals surface area contributed by atoms with Crippen molar-refractivity contribution in [3.8, 4) is 11.1 Å². The minimum Gasteiger partial charge on any atom is -0.0625 e. The van der Waals surface area contributed by atoms with E-state index >= 15 is 0 Å². The topological polar surface area (TPSA) is 0 Å². The summed E-state index contributed by atoms with van der Waals surface area (Å²) in [5, 5.41) is 0. The molecule has 0 nitrogen and oxygen atoms in total. The molecule has 4 aromatic rings. The van der Waals surface area contributed by atoms with Gasteiger partial charge in [0.1, 0.15) is 0 Å². The van der Waals surface area contributed by atoms with Crippen LogP contribution in [0.15, 0.2) is 109 Å². The van der Waals surface area contributed by atoms with Gasteiger partial charge < -0.3 is 0 Å². The molecule has 2 aliphatic rings. The van der Waals surface area contributed by atoms with E-state index in [1.54, 1.807) is 0 Å². The molecular weight excluding hydrogens is 709 g/mol. The number of hydrogen-bond donors (Lipinski definition) is 0. The van der Waals surface area contributed by atoms with Gasteiger partial charge in [0, 0.05) is 0 Å². The maximum Gasteiger partial charge on any atom is -0.0132 e. The maximum absolute atomic E-state index is 2.37. The summed E-state index contributed by atoms with van der Waals surface area (Å²) in [6.07, 6.45) is 10.9. The zero-order chi connectivity index (χ0) is 44.4. The third-order valence-corrected chi connectivity index (χ3v) is 13.4. The molecule has 6 rings (SSSR count). The van der Waals surface area contributed by atoms with Crippen molar-refractivity contribution in [2.24, 2.45) is 52.3 Å². The molecule has 4 aromatic carbocycles. The average molecular weight is 801 g/mol. The zero-order valence-electron chi connectivity index (χ0n) is 41.6. The Kier molecular flexibility index (Phi) is 22.0. The molecule has 2 aliphatic carbocycles. The van der Waals surface area contributed by atoms with Crippen LogP contribution in [0.2, 0.25) is 0 Å². The van der Waals surface area contributed by atoms with E-state index in [0.717, 1.165) is 58.7 Å². The van der Waals surface area contributed by atoms with Crippen LogP contribution in [0.25, 0.3) is 11.1 Å². The summed E-state index contributed by atoms with van der Waals surface area (Å²) >= 11 is 0. The minimum absolute atomic E-state index is 0.274. The van der Waals surface area contributed by atoms with Crippen LogP contribution in [0, 0.1) is 52.3 Å². The van der Waals surface area contributed by atoms with Crippen molar-refractivity contribution < 1.29 is 0 Å². The summed E-state index contributed by atoms with van der Waals surface area (Å²) in [7, 11) is 0. The average Bonchev–Trinajstić information content (AvgIpc) is 3.96. The fraction of sp³-hybridized carbons (Fsp3) is 0.593. The van der Waals surface area contributed by atoms with Crippen LogP contribution < -0.4 is 0 Å². The largest absolute Gasteiger partial charge is 0.0625 e. The fourth-order valence-corrected chi connectivity index (χ4v) is 9.01. The molecule has 328 valence electrons. The van der Waals surface area contributed by atoms with E-state index in [-0.39, 0.29) is 5.41 Å². The van der Waals surface area contributed by atoms with E-state index in [9.17, 15) is 0 Å². The Bertz CT molecular complexity index is 1610. The molecule has 0 unspecified atom stereocenters. The molecule has 0 bridgehead atoms. The van der Waals surface area contributed by atoms with Crippen molar-refractivity contribution in [2.45, 2.75) is 174 Å². The van der Waals surface area contributed by atoms with E-state index in [4.69, 9.17) is 0 Å². The lowest BCUT2D eigenvalue weighted by Gasteiger charge is -2.49. The van der Waals surface area contributed by atoms with E-state index in [1.807, 2.05) is 0 Å². The highest BCUT2D eigenvalue weighted by Gasteiger charge is 2.47. The van der Waals surface area contributed by atoms with Crippen molar-refractivity contribution in [2.75, 3.05) is 0 Å². The van der Waals surface area contributed by atoms with Gasteiger partial charge in [0.05, 0.1) is 0 Å². The molecule has 0 radical (unpaired) electrons. The highest BCUT2D eigenvalue weighted by molar-refractivity contribution is 5.63. The van der Waals surface area contributed by atoms with Gasteiger partial charge in [-0.25, -0.2) is 0 Å². The summed E-state index contributed by atoms with van der Waals surface area (Å²) in [6, 6.07) is 39.1. The molecule has 0 aromatic heterocycles. The van der Waals surface area contributed by atoms with E-state index in [1.165, 1.54) is 78.3 Å². The van der Waals surface area contributed by atoms with Gasteiger partial charge in [-0.1, -0.05) is 233 Å². The number of rotatable bonds is 11. The Labute approximate surface area is 367 Å². The standard InChI is InChI=1S/C16H18.C14H22.C10H20.C10H14.C9H18/c1-13(2)12-14-8-10-16(11-9-14)15-6-4-3-5-7-15;1-11(2)10-12-6-8-13(9-7-12)14(3,4)5;1-8(2)10(9(3)4)6-5-7-10;1-9(2)8-10-6-4-3-5-7-10;1-7(2)9(5-6-9)8(3)4/h3-11,13H,12H2,1-2H3;6-9,11H,10H2,1-5H3;8-9H,5-7H2,1-4H3;3-7,9H,8H2,1-2H3;7-8H,5-6H2,1-4H3. The molecule has 0 saturated heterocycles. The molecular formula is C59H92. The summed E-state index contributed by atoms with van der Waals surface area (Å²) < 4.78 is 0. The summed E-state index contributed by atoms with van der Waals surface area (Å²) in [6.45, 7) is 39.2. The molecule has 59 heavy (non-hydrogen) atoms. The molecule has 0 heteroatoms. The smallest absolute Gasteiger partial charge is 0.0132 e. The Morgan fingerprint density at radius 2 is 0.678 bits per heavy atom. The van der Waals surface area contributed by atoms with Crippen molar-refractivity contribution in [3.63, 3.8) is 0 Å².